The van der Waals surface area contributed by atoms with Gasteiger partial charge in [0.2, 0.25) is 6.41 Å². The molecular formula is C9H8ClNO3. The summed E-state index contributed by atoms with van der Waals surface area (Å²) >= 11 is 5.75. The van der Waals surface area contributed by atoms with Crippen LogP contribution in [0.1, 0.15) is 10.4 Å². The Morgan fingerprint density at radius 3 is 2.86 bits per heavy atom. The van der Waals surface area contributed by atoms with E-state index in [0.29, 0.717) is 22.7 Å². The predicted octanol–water partition coefficient (Wildman–Crippen LogP) is 1.69. The fourth-order valence-corrected chi connectivity index (χ4v) is 1.12. The number of hydrogen-bond acceptors (Lipinski definition) is 3. The van der Waals surface area contributed by atoms with Crippen LogP contribution in [0.2, 0.25) is 5.02 Å². The highest BCUT2D eigenvalue weighted by Gasteiger charge is 2.07. The average molecular weight is 214 g/mol. The van der Waals surface area contributed by atoms with Gasteiger partial charge in [-0.1, -0.05) is 11.6 Å². The molecule has 0 spiro atoms. The van der Waals surface area contributed by atoms with E-state index in [-0.39, 0.29) is 0 Å². The zero-order chi connectivity index (χ0) is 10.6. The Labute approximate surface area is 85.8 Å². The first-order valence-electron chi connectivity index (χ1n) is 3.77. The van der Waals surface area contributed by atoms with E-state index in [0.717, 1.165) is 0 Å². The Kier molecular flexibility index (Phi) is 3.48. The van der Waals surface area contributed by atoms with Gasteiger partial charge in [0.1, 0.15) is 0 Å². The molecule has 0 saturated carbocycles. The zero-order valence-corrected chi connectivity index (χ0v) is 8.17. The van der Waals surface area contributed by atoms with E-state index >= 15 is 0 Å². The molecular weight excluding hydrogens is 206 g/mol. The van der Waals surface area contributed by atoms with Gasteiger partial charge in [0.05, 0.1) is 23.4 Å². The van der Waals surface area contributed by atoms with Crippen molar-refractivity contribution in [3.8, 4) is 0 Å². The minimum Gasteiger partial charge on any atom is -0.465 e. The molecule has 0 fully saturated rings. The smallest absolute Gasteiger partial charge is 0.337 e. The summed E-state index contributed by atoms with van der Waals surface area (Å²) < 4.78 is 4.51. The van der Waals surface area contributed by atoms with Crippen LogP contribution >= 0.6 is 11.6 Å². The Bertz CT molecular complexity index is 365. The fraction of sp³-hybridized carbons (Fsp3) is 0.111. The third kappa shape index (κ3) is 2.23. The highest BCUT2D eigenvalue weighted by Crippen LogP contribution is 2.22. The number of esters is 1. The molecule has 0 aliphatic heterocycles. The molecule has 0 saturated heterocycles. The first-order valence-corrected chi connectivity index (χ1v) is 4.15. The van der Waals surface area contributed by atoms with Gasteiger partial charge in [-0.2, -0.15) is 0 Å². The molecule has 1 aromatic rings. The van der Waals surface area contributed by atoms with Crippen LogP contribution in [0.15, 0.2) is 18.2 Å². The molecule has 14 heavy (non-hydrogen) atoms. The summed E-state index contributed by atoms with van der Waals surface area (Å²) in [5, 5.41) is 2.74. The van der Waals surface area contributed by atoms with E-state index in [1.165, 1.54) is 25.3 Å². The lowest BCUT2D eigenvalue weighted by Gasteiger charge is -2.04. The number of amides is 1. The van der Waals surface area contributed by atoms with Crippen molar-refractivity contribution in [1.29, 1.82) is 0 Å². The monoisotopic (exact) mass is 213 g/mol. The number of rotatable bonds is 3. The molecule has 0 aliphatic carbocycles. The summed E-state index contributed by atoms with van der Waals surface area (Å²) in [6.07, 6.45) is 0.488. The molecule has 1 amide bonds. The highest BCUT2D eigenvalue weighted by atomic mass is 35.5. The minimum absolute atomic E-state index is 0.334. The topological polar surface area (TPSA) is 55.4 Å². The van der Waals surface area contributed by atoms with Gasteiger partial charge in [0.25, 0.3) is 0 Å². The van der Waals surface area contributed by atoms with Crippen LogP contribution in [0.25, 0.3) is 0 Å². The first kappa shape index (κ1) is 10.5. The van der Waals surface area contributed by atoms with Crippen molar-refractivity contribution in [2.24, 2.45) is 0 Å². The van der Waals surface area contributed by atoms with Crippen LogP contribution in [-0.4, -0.2) is 19.5 Å². The number of halogens is 1. The SMILES string of the molecule is COC(=O)c1ccc(Cl)c(NC=O)c1. The number of ether oxygens (including phenoxy) is 1. The molecule has 5 heteroatoms. The van der Waals surface area contributed by atoms with Gasteiger partial charge in [-0.3, -0.25) is 4.79 Å². The van der Waals surface area contributed by atoms with Crippen molar-refractivity contribution < 1.29 is 14.3 Å². The van der Waals surface area contributed by atoms with Crippen molar-refractivity contribution in [3.05, 3.63) is 28.8 Å². The molecule has 4 nitrogen and oxygen atoms in total. The maximum absolute atomic E-state index is 11.1. The average Bonchev–Trinajstić information content (AvgIpc) is 2.20. The number of nitrogens with one attached hydrogen (secondary N) is 1. The third-order valence-electron chi connectivity index (χ3n) is 1.60. The zero-order valence-electron chi connectivity index (χ0n) is 7.41. The maximum Gasteiger partial charge on any atom is 0.337 e. The van der Waals surface area contributed by atoms with E-state index in [1.54, 1.807) is 0 Å². The standard InChI is InChI=1S/C9H8ClNO3/c1-14-9(13)6-2-3-7(10)8(4-6)11-5-12/h2-5H,1H3,(H,11,12). The summed E-state index contributed by atoms with van der Waals surface area (Å²) in [5.74, 6) is -0.476. The summed E-state index contributed by atoms with van der Waals surface area (Å²) in [6.45, 7) is 0. The van der Waals surface area contributed by atoms with E-state index in [2.05, 4.69) is 10.1 Å². The Morgan fingerprint density at radius 1 is 1.57 bits per heavy atom. The number of benzene rings is 1. The van der Waals surface area contributed by atoms with Crippen LogP contribution < -0.4 is 5.32 Å². The molecule has 0 atom stereocenters. The maximum atomic E-state index is 11.1. The van der Waals surface area contributed by atoms with Gasteiger partial charge < -0.3 is 10.1 Å². The van der Waals surface area contributed by atoms with E-state index in [1.807, 2.05) is 0 Å². The third-order valence-corrected chi connectivity index (χ3v) is 1.93. The van der Waals surface area contributed by atoms with Crippen LogP contribution in [0, 0.1) is 0 Å². The molecule has 0 aliphatic rings. The van der Waals surface area contributed by atoms with Crippen molar-refractivity contribution in [3.63, 3.8) is 0 Å². The normalized spacial score (nSPS) is 9.29. The van der Waals surface area contributed by atoms with Crippen LogP contribution in [0.4, 0.5) is 5.69 Å². The highest BCUT2D eigenvalue weighted by molar-refractivity contribution is 6.33. The van der Waals surface area contributed by atoms with Gasteiger partial charge >= 0.3 is 5.97 Å². The van der Waals surface area contributed by atoms with E-state index in [9.17, 15) is 9.59 Å². The Hall–Kier alpha value is -1.55. The Morgan fingerprint density at radius 2 is 2.29 bits per heavy atom. The van der Waals surface area contributed by atoms with Crippen LogP contribution in [0.5, 0.6) is 0 Å². The molecule has 1 N–H and O–H groups in total. The molecule has 0 unspecified atom stereocenters. The van der Waals surface area contributed by atoms with Gasteiger partial charge in [0, 0.05) is 0 Å². The van der Waals surface area contributed by atoms with Crippen LogP contribution in [-0.2, 0) is 9.53 Å². The quantitative estimate of drug-likeness (QED) is 0.614. The molecule has 0 bridgehead atoms. The minimum atomic E-state index is -0.476. The van der Waals surface area contributed by atoms with Gasteiger partial charge in [-0.15, -0.1) is 0 Å². The largest absolute Gasteiger partial charge is 0.465 e. The number of anilines is 1. The van der Waals surface area contributed by atoms with E-state index in [4.69, 9.17) is 11.6 Å². The lowest BCUT2D eigenvalue weighted by Crippen LogP contribution is -2.03. The number of carbonyl (C=O) groups is 2. The number of carbonyl (C=O) groups excluding carboxylic acids is 2. The second kappa shape index (κ2) is 4.62. The van der Waals surface area contributed by atoms with Crippen LogP contribution in [0.3, 0.4) is 0 Å². The summed E-state index contributed by atoms with van der Waals surface area (Å²) in [6, 6.07) is 4.48. The molecule has 74 valence electrons. The Balaban J connectivity index is 3.05. The second-order valence-corrected chi connectivity index (χ2v) is 2.86. The first-order chi connectivity index (χ1) is 6.69. The molecule has 1 rings (SSSR count). The summed E-state index contributed by atoms with van der Waals surface area (Å²) in [5.41, 5.74) is 0.714. The lowest BCUT2D eigenvalue weighted by molar-refractivity contribution is -0.105. The number of methoxy groups -OCH3 is 1. The number of hydrogen-bond donors (Lipinski definition) is 1. The second-order valence-electron chi connectivity index (χ2n) is 2.45. The van der Waals surface area contributed by atoms with E-state index < -0.39 is 5.97 Å². The van der Waals surface area contributed by atoms with Crippen molar-refractivity contribution >= 4 is 29.7 Å². The summed E-state index contributed by atoms with van der Waals surface area (Å²) in [4.78, 5) is 21.3. The molecule has 0 aromatic heterocycles. The predicted molar refractivity (Wildman–Crippen MR) is 52.5 cm³/mol. The van der Waals surface area contributed by atoms with Gasteiger partial charge in [0.15, 0.2) is 0 Å². The molecule has 0 heterocycles. The summed E-state index contributed by atoms with van der Waals surface area (Å²) in [7, 11) is 1.28. The van der Waals surface area contributed by atoms with Crippen molar-refractivity contribution in [2.45, 2.75) is 0 Å². The fourth-order valence-electron chi connectivity index (χ4n) is 0.944. The van der Waals surface area contributed by atoms with Crippen molar-refractivity contribution in [2.75, 3.05) is 12.4 Å². The molecule has 0 radical (unpaired) electrons. The van der Waals surface area contributed by atoms with Crippen molar-refractivity contribution in [1.82, 2.24) is 0 Å². The lowest BCUT2D eigenvalue weighted by atomic mass is 10.2. The van der Waals surface area contributed by atoms with Gasteiger partial charge in [-0.05, 0) is 18.2 Å². The van der Waals surface area contributed by atoms with Gasteiger partial charge in [-0.25, -0.2) is 4.79 Å². The molecule has 1 aromatic carbocycles.